The first-order chi connectivity index (χ1) is 9.81. The molecule has 4 heteroatoms. The summed E-state index contributed by atoms with van der Waals surface area (Å²) in [6, 6.07) is 6.16. The van der Waals surface area contributed by atoms with Gasteiger partial charge in [0.25, 0.3) is 0 Å². The van der Waals surface area contributed by atoms with Gasteiger partial charge in [-0.15, -0.1) is 0 Å². The summed E-state index contributed by atoms with van der Waals surface area (Å²) in [7, 11) is 1.49. The van der Waals surface area contributed by atoms with Crippen LogP contribution in [0.1, 0.15) is 33.3 Å². The third-order valence-corrected chi connectivity index (χ3v) is 4.21. The quantitative estimate of drug-likeness (QED) is 0.927. The highest BCUT2D eigenvalue weighted by molar-refractivity contribution is 5.29. The van der Waals surface area contributed by atoms with Gasteiger partial charge in [0.15, 0.2) is 11.6 Å². The molecular formula is C17H27FN2O. The van der Waals surface area contributed by atoms with Gasteiger partial charge in [0.05, 0.1) is 7.11 Å². The second-order valence-corrected chi connectivity index (χ2v) is 7.09. The number of methoxy groups -OCH3 is 1. The second kappa shape index (κ2) is 6.32. The maximum atomic E-state index is 13.9. The third kappa shape index (κ3) is 3.95. The van der Waals surface area contributed by atoms with Crippen molar-refractivity contribution in [2.75, 3.05) is 20.2 Å². The van der Waals surface area contributed by atoms with E-state index >= 15 is 0 Å². The van der Waals surface area contributed by atoms with Gasteiger partial charge >= 0.3 is 0 Å². The topological polar surface area (TPSA) is 24.5 Å². The summed E-state index contributed by atoms with van der Waals surface area (Å²) < 4.78 is 18.8. The van der Waals surface area contributed by atoms with E-state index in [1.807, 2.05) is 6.07 Å². The molecule has 0 aromatic heterocycles. The molecule has 0 radical (unpaired) electrons. The lowest BCUT2D eigenvalue weighted by Gasteiger charge is -2.46. The normalized spacial score (nSPS) is 24.1. The van der Waals surface area contributed by atoms with Crippen LogP contribution in [0, 0.1) is 11.2 Å². The van der Waals surface area contributed by atoms with Crippen molar-refractivity contribution in [2.24, 2.45) is 5.41 Å². The minimum absolute atomic E-state index is 0.193. The summed E-state index contributed by atoms with van der Waals surface area (Å²) in [6.07, 6.45) is 0. The van der Waals surface area contributed by atoms with Crippen LogP contribution in [0.15, 0.2) is 18.2 Å². The van der Waals surface area contributed by atoms with Crippen LogP contribution in [0.25, 0.3) is 0 Å². The predicted molar refractivity (Wildman–Crippen MR) is 84.1 cm³/mol. The first-order valence-corrected chi connectivity index (χ1v) is 7.61. The average Bonchev–Trinajstić information content (AvgIpc) is 2.37. The van der Waals surface area contributed by atoms with E-state index in [0.29, 0.717) is 17.8 Å². The smallest absolute Gasteiger partial charge is 0.165 e. The Labute approximate surface area is 127 Å². The van der Waals surface area contributed by atoms with E-state index < -0.39 is 0 Å². The third-order valence-electron chi connectivity index (χ3n) is 4.21. The Hall–Kier alpha value is -1.13. The molecule has 2 atom stereocenters. The van der Waals surface area contributed by atoms with Crippen molar-refractivity contribution >= 4 is 0 Å². The van der Waals surface area contributed by atoms with E-state index in [2.05, 4.69) is 37.9 Å². The van der Waals surface area contributed by atoms with Gasteiger partial charge < -0.3 is 10.1 Å². The Bertz CT molecular complexity index is 484. The van der Waals surface area contributed by atoms with Crippen molar-refractivity contribution in [3.8, 4) is 5.75 Å². The number of hydrogen-bond donors (Lipinski definition) is 1. The zero-order valence-electron chi connectivity index (χ0n) is 13.7. The zero-order chi connectivity index (χ0) is 15.6. The molecule has 118 valence electrons. The summed E-state index contributed by atoms with van der Waals surface area (Å²) >= 11 is 0. The fourth-order valence-corrected chi connectivity index (χ4v) is 3.06. The average molecular weight is 294 g/mol. The molecule has 1 N–H and O–H groups in total. The second-order valence-electron chi connectivity index (χ2n) is 7.09. The molecule has 21 heavy (non-hydrogen) atoms. The molecule has 1 aliphatic rings. The van der Waals surface area contributed by atoms with E-state index in [1.165, 1.54) is 7.11 Å². The van der Waals surface area contributed by atoms with Crippen molar-refractivity contribution < 1.29 is 9.13 Å². The summed E-state index contributed by atoms with van der Waals surface area (Å²) in [4.78, 5) is 2.46. The van der Waals surface area contributed by atoms with Crippen molar-refractivity contribution in [1.29, 1.82) is 0 Å². The zero-order valence-corrected chi connectivity index (χ0v) is 13.7. The first kappa shape index (κ1) is 16.2. The Balaban J connectivity index is 2.16. The van der Waals surface area contributed by atoms with E-state index in [4.69, 9.17) is 4.74 Å². The fourth-order valence-electron chi connectivity index (χ4n) is 3.06. The SMILES string of the molecule is COc1ccc(CN2CC(C)NCC2C(C)(C)C)cc1F. The molecule has 3 nitrogen and oxygen atoms in total. The number of hydrogen-bond acceptors (Lipinski definition) is 3. The van der Waals surface area contributed by atoms with E-state index in [1.54, 1.807) is 12.1 Å². The summed E-state index contributed by atoms with van der Waals surface area (Å²) in [5, 5.41) is 3.55. The van der Waals surface area contributed by atoms with Gasteiger partial charge in [-0.2, -0.15) is 0 Å². The molecule has 2 rings (SSSR count). The Morgan fingerprint density at radius 2 is 2.10 bits per heavy atom. The number of piperazine rings is 1. The van der Waals surface area contributed by atoms with Crippen LogP contribution in [-0.2, 0) is 6.54 Å². The molecule has 1 saturated heterocycles. The number of rotatable bonds is 3. The molecule has 0 saturated carbocycles. The van der Waals surface area contributed by atoms with Crippen LogP contribution in [0.5, 0.6) is 5.75 Å². The van der Waals surface area contributed by atoms with Crippen LogP contribution in [0.2, 0.25) is 0 Å². The van der Waals surface area contributed by atoms with E-state index in [0.717, 1.165) is 25.2 Å². The maximum absolute atomic E-state index is 13.9. The molecule has 0 aliphatic carbocycles. The summed E-state index contributed by atoms with van der Waals surface area (Å²) in [5.74, 6) is 0.0188. The lowest BCUT2D eigenvalue weighted by Crippen LogP contribution is -2.59. The van der Waals surface area contributed by atoms with Crippen LogP contribution >= 0.6 is 0 Å². The van der Waals surface area contributed by atoms with Gasteiger partial charge in [-0.3, -0.25) is 4.90 Å². The number of nitrogens with zero attached hydrogens (tertiary/aromatic N) is 1. The van der Waals surface area contributed by atoms with Gasteiger partial charge in [0.1, 0.15) is 0 Å². The number of nitrogens with one attached hydrogen (secondary N) is 1. The highest BCUT2D eigenvalue weighted by atomic mass is 19.1. The molecule has 2 unspecified atom stereocenters. The Morgan fingerprint density at radius 1 is 1.38 bits per heavy atom. The molecule has 0 bridgehead atoms. The van der Waals surface area contributed by atoms with Crippen molar-refractivity contribution in [3.63, 3.8) is 0 Å². The maximum Gasteiger partial charge on any atom is 0.165 e. The number of benzene rings is 1. The van der Waals surface area contributed by atoms with Gasteiger partial charge in [-0.05, 0) is 30.0 Å². The van der Waals surface area contributed by atoms with Crippen LogP contribution in [-0.4, -0.2) is 37.2 Å². The van der Waals surface area contributed by atoms with Crippen LogP contribution in [0.4, 0.5) is 4.39 Å². The summed E-state index contributed by atoms with van der Waals surface area (Å²) in [6.45, 7) is 11.7. The molecule has 0 amide bonds. The van der Waals surface area contributed by atoms with Gasteiger partial charge in [0, 0.05) is 31.7 Å². The van der Waals surface area contributed by atoms with Gasteiger partial charge in [0.2, 0.25) is 0 Å². The number of ether oxygens (including phenoxy) is 1. The minimum Gasteiger partial charge on any atom is -0.494 e. The van der Waals surface area contributed by atoms with E-state index in [-0.39, 0.29) is 11.2 Å². The highest BCUT2D eigenvalue weighted by Crippen LogP contribution is 2.28. The van der Waals surface area contributed by atoms with Crippen LogP contribution in [0.3, 0.4) is 0 Å². The fraction of sp³-hybridized carbons (Fsp3) is 0.647. The van der Waals surface area contributed by atoms with Gasteiger partial charge in [-0.1, -0.05) is 26.8 Å². The number of halogens is 1. The monoisotopic (exact) mass is 294 g/mol. The summed E-state index contributed by atoms with van der Waals surface area (Å²) in [5.41, 5.74) is 1.19. The lowest BCUT2D eigenvalue weighted by atomic mass is 9.83. The molecule has 1 heterocycles. The van der Waals surface area contributed by atoms with Crippen molar-refractivity contribution in [1.82, 2.24) is 10.2 Å². The molecule has 1 fully saturated rings. The Kier molecular flexibility index (Phi) is 4.89. The highest BCUT2D eigenvalue weighted by Gasteiger charge is 2.34. The standard InChI is InChI=1S/C17H27FN2O/c1-12-10-20(16(9-19-12)17(2,3)4)11-13-6-7-15(21-5)14(18)8-13/h6-8,12,16,19H,9-11H2,1-5H3. The van der Waals surface area contributed by atoms with E-state index in [9.17, 15) is 4.39 Å². The minimum atomic E-state index is -0.287. The molecule has 1 aromatic rings. The molecule has 1 aromatic carbocycles. The van der Waals surface area contributed by atoms with Crippen molar-refractivity contribution in [2.45, 2.75) is 46.3 Å². The van der Waals surface area contributed by atoms with Gasteiger partial charge in [-0.25, -0.2) is 4.39 Å². The molecule has 1 aliphatic heterocycles. The molecule has 0 spiro atoms. The lowest BCUT2D eigenvalue weighted by molar-refractivity contribution is 0.0525. The molecular weight excluding hydrogens is 267 g/mol. The predicted octanol–water partition coefficient (Wildman–Crippen LogP) is 3.04. The van der Waals surface area contributed by atoms with Crippen molar-refractivity contribution in [3.05, 3.63) is 29.6 Å². The first-order valence-electron chi connectivity index (χ1n) is 7.61. The largest absolute Gasteiger partial charge is 0.494 e. The van der Waals surface area contributed by atoms with Crippen LogP contribution < -0.4 is 10.1 Å². The Morgan fingerprint density at radius 3 is 2.67 bits per heavy atom.